The molecule has 1 atom stereocenters. The van der Waals surface area contributed by atoms with Crippen molar-refractivity contribution in [1.82, 2.24) is 25.3 Å². The Morgan fingerprint density at radius 3 is 2.65 bits per heavy atom. The number of tetrazole rings is 1. The highest BCUT2D eigenvalue weighted by atomic mass is 35.5. The van der Waals surface area contributed by atoms with Crippen LogP contribution in [0.15, 0.2) is 24.5 Å². The molecule has 2 fully saturated rings. The number of benzene rings is 1. The van der Waals surface area contributed by atoms with E-state index in [2.05, 4.69) is 15.5 Å². The summed E-state index contributed by atoms with van der Waals surface area (Å²) in [5.74, 6) is 0.201. The number of rotatable bonds is 6. The van der Waals surface area contributed by atoms with Crippen LogP contribution >= 0.6 is 11.6 Å². The summed E-state index contributed by atoms with van der Waals surface area (Å²) < 4.78 is 7.16. The number of carbonyl (C=O) groups excluding carboxylic acids is 1. The molecule has 31 heavy (non-hydrogen) atoms. The smallest absolute Gasteiger partial charge is 0.326 e. The summed E-state index contributed by atoms with van der Waals surface area (Å²) in [5.41, 5.74) is 0.760. The number of hydrogen-bond donors (Lipinski definition) is 0. The molecule has 1 aromatic heterocycles. The van der Waals surface area contributed by atoms with Crippen molar-refractivity contribution in [1.29, 1.82) is 0 Å². The molecule has 1 saturated carbocycles. The molecule has 1 unspecified atom stereocenters. The van der Waals surface area contributed by atoms with Crippen LogP contribution in [0.2, 0.25) is 5.02 Å². The average molecular weight is 451 g/mol. The number of anilines is 1. The number of aromatic nitrogens is 4. The molecule has 1 aliphatic carbocycles. The van der Waals surface area contributed by atoms with Gasteiger partial charge in [-0.2, -0.15) is 4.68 Å². The Labute approximate surface area is 185 Å². The third-order valence-corrected chi connectivity index (χ3v) is 5.53. The van der Waals surface area contributed by atoms with Crippen LogP contribution in [-0.4, -0.2) is 56.3 Å². The Bertz CT molecular complexity index is 892. The van der Waals surface area contributed by atoms with E-state index < -0.39 is 11.6 Å². The first-order valence-corrected chi connectivity index (χ1v) is 10.7. The first kappa shape index (κ1) is 21.9. The first-order valence-electron chi connectivity index (χ1n) is 10.4. The number of hydroxylamine groups is 3. The second kappa shape index (κ2) is 9.07. The molecule has 1 saturated heterocycles. The highest BCUT2D eigenvalue weighted by Crippen LogP contribution is 2.34. The van der Waals surface area contributed by atoms with Crippen LogP contribution in [0, 0.1) is 5.92 Å². The minimum Gasteiger partial charge on any atom is -0.459 e. The lowest BCUT2D eigenvalue weighted by Gasteiger charge is -2.40. The van der Waals surface area contributed by atoms with E-state index in [0.717, 1.165) is 12.8 Å². The van der Waals surface area contributed by atoms with Crippen molar-refractivity contribution in [3.63, 3.8) is 0 Å². The van der Waals surface area contributed by atoms with Crippen molar-refractivity contribution in [3.8, 4) is 5.69 Å². The second-order valence-corrected chi connectivity index (χ2v) is 9.22. The molecule has 0 amide bonds. The van der Waals surface area contributed by atoms with Gasteiger partial charge in [-0.1, -0.05) is 30.9 Å². The van der Waals surface area contributed by atoms with Crippen molar-refractivity contribution >= 4 is 23.3 Å². The molecule has 0 spiro atoms. The molecule has 2 aliphatic rings. The molecule has 10 nitrogen and oxygen atoms in total. The van der Waals surface area contributed by atoms with Crippen molar-refractivity contribution in [3.05, 3.63) is 29.5 Å². The van der Waals surface area contributed by atoms with Crippen LogP contribution in [0.1, 0.15) is 46.5 Å². The molecule has 2 aromatic rings. The summed E-state index contributed by atoms with van der Waals surface area (Å²) in [6.45, 7) is 5.72. The molecule has 1 aromatic carbocycles. The SMILES string of the molecule is CC(C)(C)OC(=O)C(CC1CCC1)N1CON(c2cc(Cl)ccc2-n2cnnn2)CO1. The van der Waals surface area contributed by atoms with Crippen LogP contribution < -0.4 is 5.06 Å². The van der Waals surface area contributed by atoms with E-state index >= 15 is 0 Å². The first-order chi connectivity index (χ1) is 14.8. The molecular weight excluding hydrogens is 424 g/mol. The minimum atomic E-state index is -0.570. The zero-order valence-electron chi connectivity index (χ0n) is 17.9. The van der Waals surface area contributed by atoms with Crippen molar-refractivity contribution in [2.24, 2.45) is 5.92 Å². The summed E-state index contributed by atoms with van der Waals surface area (Å²) in [7, 11) is 0. The number of carbonyl (C=O) groups is 1. The van der Waals surface area contributed by atoms with Crippen LogP contribution in [0.25, 0.3) is 5.69 Å². The fourth-order valence-electron chi connectivity index (χ4n) is 3.55. The van der Waals surface area contributed by atoms with Gasteiger partial charge in [0.2, 0.25) is 0 Å². The second-order valence-electron chi connectivity index (χ2n) is 8.78. The lowest BCUT2D eigenvalue weighted by molar-refractivity contribution is -0.287. The van der Waals surface area contributed by atoms with Gasteiger partial charge in [0.25, 0.3) is 0 Å². The van der Waals surface area contributed by atoms with Crippen molar-refractivity contribution < 1.29 is 19.2 Å². The van der Waals surface area contributed by atoms with Crippen molar-refractivity contribution in [2.75, 3.05) is 18.5 Å². The summed E-state index contributed by atoms with van der Waals surface area (Å²) in [6, 6.07) is 4.77. The Morgan fingerprint density at radius 1 is 1.26 bits per heavy atom. The molecule has 11 heteroatoms. The molecule has 2 heterocycles. The lowest BCUT2D eigenvalue weighted by Crippen LogP contribution is -2.52. The van der Waals surface area contributed by atoms with E-state index in [1.54, 1.807) is 28.3 Å². The molecule has 0 bridgehead atoms. The molecule has 0 radical (unpaired) electrons. The predicted molar refractivity (Wildman–Crippen MR) is 112 cm³/mol. The zero-order valence-corrected chi connectivity index (χ0v) is 18.7. The summed E-state index contributed by atoms with van der Waals surface area (Å²) in [6.07, 6.45) is 5.62. The quantitative estimate of drug-likeness (QED) is 0.615. The highest BCUT2D eigenvalue weighted by Gasteiger charge is 2.37. The molecule has 0 N–H and O–H groups in total. The predicted octanol–water partition coefficient (Wildman–Crippen LogP) is 3.12. The maximum absolute atomic E-state index is 12.9. The van der Waals surface area contributed by atoms with E-state index in [0.29, 0.717) is 28.7 Å². The molecule has 1 aliphatic heterocycles. The average Bonchev–Trinajstić information content (AvgIpc) is 3.20. The van der Waals surface area contributed by atoms with Gasteiger partial charge in [-0.05, 0) is 61.7 Å². The minimum absolute atomic E-state index is 0.0676. The monoisotopic (exact) mass is 450 g/mol. The third-order valence-electron chi connectivity index (χ3n) is 5.29. The van der Waals surface area contributed by atoms with Gasteiger partial charge >= 0.3 is 5.97 Å². The van der Waals surface area contributed by atoms with Gasteiger partial charge in [-0.25, -0.2) is 5.06 Å². The van der Waals surface area contributed by atoms with Gasteiger partial charge in [0, 0.05) is 5.02 Å². The Balaban J connectivity index is 1.47. The largest absolute Gasteiger partial charge is 0.459 e. The van der Waals surface area contributed by atoms with Gasteiger partial charge in [0.15, 0.2) is 13.5 Å². The van der Waals surface area contributed by atoms with E-state index in [-0.39, 0.29) is 19.4 Å². The molecular formula is C20H27ClN6O4. The van der Waals surface area contributed by atoms with Crippen LogP contribution in [0.3, 0.4) is 0 Å². The summed E-state index contributed by atoms with van der Waals surface area (Å²) in [4.78, 5) is 24.8. The van der Waals surface area contributed by atoms with E-state index in [4.69, 9.17) is 26.0 Å². The number of esters is 1. The summed E-state index contributed by atoms with van der Waals surface area (Å²) in [5, 5.41) is 15.0. The number of halogens is 1. The molecule has 168 valence electrons. The van der Waals surface area contributed by atoms with E-state index in [9.17, 15) is 4.79 Å². The fourth-order valence-corrected chi connectivity index (χ4v) is 3.72. The van der Waals surface area contributed by atoms with E-state index in [1.165, 1.54) is 17.4 Å². The third kappa shape index (κ3) is 5.32. The maximum Gasteiger partial charge on any atom is 0.326 e. The van der Waals surface area contributed by atoms with Gasteiger partial charge in [-0.3, -0.25) is 14.5 Å². The number of ether oxygens (including phenoxy) is 1. The Morgan fingerprint density at radius 2 is 2.06 bits per heavy atom. The van der Waals surface area contributed by atoms with Crippen molar-refractivity contribution in [2.45, 2.75) is 58.1 Å². The van der Waals surface area contributed by atoms with Gasteiger partial charge in [0.05, 0.1) is 11.4 Å². The van der Waals surface area contributed by atoms with Gasteiger partial charge in [-0.15, -0.1) is 10.2 Å². The van der Waals surface area contributed by atoms with E-state index in [1.807, 2.05) is 20.8 Å². The number of nitrogens with zero attached hydrogens (tertiary/aromatic N) is 6. The Kier molecular flexibility index (Phi) is 6.42. The standard InChI is InChI=1S/C20H27ClN6O4/c1-20(2,3)31-19(28)18(9-14-5-4-6-14)27-13-29-26(12-30-27)17-10-15(21)7-8-16(17)25-11-22-23-24-25/h7-8,10-11,14,18H,4-6,9,12-13H2,1-3H3. The van der Waals surface area contributed by atoms with Gasteiger partial charge in [0.1, 0.15) is 18.0 Å². The molecule has 4 rings (SSSR count). The highest BCUT2D eigenvalue weighted by molar-refractivity contribution is 6.31. The number of hydrogen-bond acceptors (Lipinski definition) is 9. The summed E-state index contributed by atoms with van der Waals surface area (Å²) >= 11 is 6.20. The Hall–Kier alpha value is -2.27. The lowest BCUT2D eigenvalue weighted by atomic mass is 9.81. The van der Waals surface area contributed by atoms with Crippen LogP contribution in [0.4, 0.5) is 5.69 Å². The normalized spacial score (nSPS) is 19.2. The van der Waals surface area contributed by atoms with Crippen LogP contribution in [0.5, 0.6) is 0 Å². The van der Waals surface area contributed by atoms with Gasteiger partial charge < -0.3 is 4.74 Å². The zero-order chi connectivity index (χ0) is 22.0. The van der Waals surface area contributed by atoms with Crippen LogP contribution in [-0.2, 0) is 19.2 Å². The topological polar surface area (TPSA) is 94.8 Å². The maximum atomic E-state index is 12.9. The fraction of sp³-hybridized carbons (Fsp3) is 0.600.